The van der Waals surface area contributed by atoms with Crippen LogP contribution in [-0.4, -0.2) is 9.78 Å². The fraction of sp³-hybridized carbons (Fsp3) is 0.727. The third-order valence-corrected chi connectivity index (χ3v) is 3.28. The molecule has 1 atom stereocenters. The molecule has 1 fully saturated rings. The average molecular weight is 194 g/mol. The zero-order chi connectivity index (χ0) is 10.3. The smallest absolute Gasteiger partial charge is 0.270 e. The Balaban J connectivity index is 2.38. The Labute approximate surface area is 84.1 Å². The van der Waals surface area contributed by atoms with Crippen molar-refractivity contribution in [3.05, 3.63) is 21.6 Å². The summed E-state index contributed by atoms with van der Waals surface area (Å²) in [5.74, 6) is 0.718. The van der Waals surface area contributed by atoms with Gasteiger partial charge in [0.1, 0.15) is 0 Å². The van der Waals surface area contributed by atoms with E-state index in [2.05, 4.69) is 12.0 Å². The standard InChI is InChI=1S/C11H18N2O/c1-4-10-7(2)12-13(11(10)14)8(3)9-5-6-9/h8-9,12H,4-6H2,1-3H3. The van der Waals surface area contributed by atoms with Crippen molar-refractivity contribution in [1.29, 1.82) is 0 Å². The molecular formula is C11H18N2O. The van der Waals surface area contributed by atoms with Crippen LogP contribution in [0.25, 0.3) is 0 Å². The van der Waals surface area contributed by atoms with Crippen molar-refractivity contribution in [2.45, 2.75) is 46.1 Å². The lowest BCUT2D eigenvalue weighted by Crippen LogP contribution is -2.23. The molecule has 78 valence electrons. The number of hydrogen-bond acceptors (Lipinski definition) is 1. The van der Waals surface area contributed by atoms with Crippen molar-refractivity contribution >= 4 is 0 Å². The van der Waals surface area contributed by atoms with Crippen LogP contribution in [0, 0.1) is 12.8 Å². The lowest BCUT2D eigenvalue weighted by molar-refractivity contribution is 0.427. The first-order chi connectivity index (χ1) is 6.65. The first-order valence-corrected chi connectivity index (χ1v) is 5.45. The predicted octanol–water partition coefficient (Wildman–Crippen LogP) is 2.02. The molecule has 2 rings (SSSR count). The summed E-state index contributed by atoms with van der Waals surface area (Å²) in [7, 11) is 0. The van der Waals surface area contributed by atoms with Crippen molar-refractivity contribution in [3.63, 3.8) is 0 Å². The first kappa shape index (κ1) is 9.56. The molecule has 1 unspecified atom stereocenters. The molecule has 0 aromatic carbocycles. The second-order valence-electron chi connectivity index (χ2n) is 4.32. The minimum atomic E-state index is 0.185. The van der Waals surface area contributed by atoms with Gasteiger partial charge in [-0.15, -0.1) is 0 Å². The molecule has 0 spiro atoms. The monoisotopic (exact) mass is 194 g/mol. The van der Waals surface area contributed by atoms with Crippen LogP contribution in [0.15, 0.2) is 4.79 Å². The quantitative estimate of drug-likeness (QED) is 0.785. The van der Waals surface area contributed by atoms with Crippen molar-refractivity contribution < 1.29 is 0 Å². The summed E-state index contributed by atoms with van der Waals surface area (Å²) in [6, 6.07) is 0.349. The number of hydrogen-bond donors (Lipinski definition) is 1. The van der Waals surface area contributed by atoms with Gasteiger partial charge in [0.25, 0.3) is 5.56 Å². The summed E-state index contributed by atoms with van der Waals surface area (Å²) in [6.07, 6.45) is 3.37. The third kappa shape index (κ3) is 1.41. The minimum absolute atomic E-state index is 0.185. The normalized spacial score (nSPS) is 18.5. The summed E-state index contributed by atoms with van der Waals surface area (Å²) in [5.41, 5.74) is 2.16. The van der Waals surface area contributed by atoms with Gasteiger partial charge in [-0.2, -0.15) is 0 Å². The predicted molar refractivity (Wildman–Crippen MR) is 56.6 cm³/mol. The van der Waals surface area contributed by atoms with Crippen LogP contribution in [-0.2, 0) is 6.42 Å². The minimum Gasteiger partial charge on any atom is -0.299 e. The van der Waals surface area contributed by atoms with Gasteiger partial charge < -0.3 is 0 Å². The highest BCUT2D eigenvalue weighted by molar-refractivity contribution is 5.16. The largest absolute Gasteiger partial charge is 0.299 e. The third-order valence-electron chi connectivity index (χ3n) is 3.28. The van der Waals surface area contributed by atoms with Gasteiger partial charge in [0.2, 0.25) is 0 Å². The number of nitrogens with zero attached hydrogens (tertiary/aromatic N) is 1. The van der Waals surface area contributed by atoms with E-state index >= 15 is 0 Å². The summed E-state index contributed by atoms with van der Waals surface area (Å²) in [4.78, 5) is 11.9. The molecule has 3 heteroatoms. The molecule has 0 saturated heterocycles. The highest BCUT2D eigenvalue weighted by atomic mass is 16.1. The van der Waals surface area contributed by atoms with E-state index < -0.39 is 0 Å². The van der Waals surface area contributed by atoms with Gasteiger partial charge in [0, 0.05) is 11.3 Å². The maximum Gasteiger partial charge on any atom is 0.270 e. The maximum atomic E-state index is 11.9. The fourth-order valence-corrected chi connectivity index (χ4v) is 2.10. The molecule has 1 aliphatic carbocycles. The van der Waals surface area contributed by atoms with Gasteiger partial charge in [0.05, 0.1) is 6.04 Å². The van der Waals surface area contributed by atoms with E-state index in [1.54, 1.807) is 0 Å². The second-order valence-corrected chi connectivity index (χ2v) is 4.32. The van der Waals surface area contributed by atoms with E-state index in [-0.39, 0.29) is 5.56 Å². The lowest BCUT2D eigenvalue weighted by Gasteiger charge is -2.10. The fourth-order valence-electron chi connectivity index (χ4n) is 2.10. The molecule has 1 aromatic rings. The van der Waals surface area contributed by atoms with Gasteiger partial charge in [-0.25, -0.2) is 4.68 Å². The Morgan fingerprint density at radius 3 is 2.64 bits per heavy atom. The molecule has 0 radical (unpaired) electrons. The number of nitrogens with one attached hydrogen (secondary N) is 1. The zero-order valence-electron chi connectivity index (χ0n) is 9.13. The molecule has 1 saturated carbocycles. The Hall–Kier alpha value is -0.990. The SMILES string of the molecule is CCc1c(C)[nH]n(C(C)C2CC2)c1=O. The molecular weight excluding hydrogens is 176 g/mol. The van der Waals surface area contributed by atoms with Crippen LogP contribution in [0.3, 0.4) is 0 Å². The van der Waals surface area contributed by atoms with Crippen molar-refractivity contribution in [1.82, 2.24) is 9.78 Å². The Morgan fingerprint density at radius 1 is 1.57 bits per heavy atom. The van der Waals surface area contributed by atoms with E-state index in [1.165, 1.54) is 12.8 Å². The Morgan fingerprint density at radius 2 is 2.21 bits per heavy atom. The molecule has 1 heterocycles. The van der Waals surface area contributed by atoms with Crippen molar-refractivity contribution in [3.8, 4) is 0 Å². The van der Waals surface area contributed by atoms with Crippen LogP contribution >= 0.6 is 0 Å². The van der Waals surface area contributed by atoms with Crippen LogP contribution in [0.4, 0.5) is 0 Å². The highest BCUT2D eigenvalue weighted by Crippen LogP contribution is 2.38. The van der Waals surface area contributed by atoms with E-state index in [9.17, 15) is 4.79 Å². The van der Waals surface area contributed by atoms with Gasteiger partial charge >= 0.3 is 0 Å². The maximum absolute atomic E-state index is 11.9. The van der Waals surface area contributed by atoms with Crippen molar-refractivity contribution in [2.75, 3.05) is 0 Å². The van der Waals surface area contributed by atoms with E-state index in [0.717, 1.165) is 23.6 Å². The molecule has 0 amide bonds. The van der Waals surface area contributed by atoms with Crippen LogP contribution in [0.5, 0.6) is 0 Å². The second kappa shape index (κ2) is 3.30. The number of rotatable bonds is 3. The van der Waals surface area contributed by atoms with Crippen LogP contribution in [0.2, 0.25) is 0 Å². The van der Waals surface area contributed by atoms with Gasteiger partial charge in [0.15, 0.2) is 0 Å². The van der Waals surface area contributed by atoms with Gasteiger partial charge in [-0.1, -0.05) is 6.92 Å². The lowest BCUT2D eigenvalue weighted by atomic mass is 10.2. The number of aryl methyl sites for hydroxylation is 1. The van der Waals surface area contributed by atoms with Crippen LogP contribution in [0.1, 0.15) is 44.0 Å². The van der Waals surface area contributed by atoms with E-state index in [4.69, 9.17) is 0 Å². The number of aromatic nitrogens is 2. The molecule has 1 aromatic heterocycles. The first-order valence-electron chi connectivity index (χ1n) is 5.45. The zero-order valence-corrected chi connectivity index (χ0v) is 9.13. The molecule has 0 bridgehead atoms. The Bertz CT molecular complexity index is 384. The highest BCUT2D eigenvalue weighted by Gasteiger charge is 2.30. The van der Waals surface area contributed by atoms with Crippen LogP contribution < -0.4 is 5.56 Å². The van der Waals surface area contributed by atoms with Gasteiger partial charge in [-0.3, -0.25) is 9.89 Å². The number of H-pyrrole nitrogens is 1. The molecule has 1 aliphatic rings. The van der Waals surface area contributed by atoms with Gasteiger partial charge in [-0.05, 0) is 39.0 Å². The number of aromatic amines is 1. The molecule has 3 nitrogen and oxygen atoms in total. The summed E-state index contributed by atoms with van der Waals surface area (Å²) < 4.78 is 1.81. The summed E-state index contributed by atoms with van der Waals surface area (Å²) in [5, 5.41) is 3.19. The molecule has 14 heavy (non-hydrogen) atoms. The summed E-state index contributed by atoms with van der Waals surface area (Å²) in [6.45, 7) is 6.15. The van der Waals surface area contributed by atoms with E-state index in [0.29, 0.717) is 6.04 Å². The Kier molecular flexibility index (Phi) is 2.25. The molecule has 0 aliphatic heterocycles. The average Bonchev–Trinajstić information content (AvgIpc) is 2.93. The van der Waals surface area contributed by atoms with E-state index in [1.807, 2.05) is 18.5 Å². The topological polar surface area (TPSA) is 37.8 Å². The summed E-state index contributed by atoms with van der Waals surface area (Å²) >= 11 is 0. The van der Waals surface area contributed by atoms with Crippen molar-refractivity contribution in [2.24, 2.45) is 5.92 Å². The molecule has 1 N–H and O–H groups in total.